The predicted molar refractivity (Wildman–Crippen MR) is 107 cm³/mol. The molecule has 3 aromatic rings. The number of rotatable bonds is 8. The fraction of sp³-hybridized carbons (Fsp3) is 0.286. The minimum atomic E-state index is -0.969. The number of anilines is 1. The van der Waals surface area contributed by atoms with Crippen molar-refractivity contribution in [2.24, 2.45) is 0 Å². The van der Waals surface area contributed by atoms with Crippen LogP contribution in [0.4, 0.5) is 5.69 Å². The first-order valence-corrected chi connectivity index (χ1v) is 9.43. The highest BCUT2D eigenvalue weighted by Gasteiger charge is 2.27. The maximum Gasteiger partial charge on any atom is 0.332 e. The van der Waals surface area contributed by atoms with Crippen LogP contribution in [-0.2, 0) is 27.2 Å². The molecule has 0 bridgehead atoms. The van der Waals surface area contributed by atoms with Crippen LogP contribution >= 0.6 is 0 Å². The summed E-state index contributed by atoms with van der Waals surface area (Å²) >= 11 is 0. The molecule has 2 atom stereocenters. The minimum Gasteiger partial charge on any atom is -0.451 e. The number of carbonyl (C=O) groups is 2. The van der Waals surface area contributed by atoms with E-state index in [1.807, 2.05) is 54.6 Å². The number of aromatic nitrogens is 4. The highest BCUT2D eigenvalue weighted by molar-refractivity contribution is 5.95. The molecular formula is C21H23N5O3. The third-order valence-electron chi connectivity index (χ3n) is 4.52. The summed E-state index contributed by atoms with van der Waals surface area (Å²) in [7, 11) is 0. The number of hydrogen-bond donors (Lipinski definition) is 1. The van der Waals surface area contributed by atoms with Gasteiger partial charge in [0.2, 0.25) is 0 Å². The van der Waals surface area contributed by atoms with E-state index in [0.29, 0.717) is 12.1 Å². The molecule has 29 heavy (non-hydrogen) atoms. The van der Waals surface area contributed by atoms with Crippen molar-refractivity contribution in [3.05, 3.63) is 72.1 Å². The molecular weight excluding hydrogens is 370 g/mol. The zero-order chi connectivity index (χ0) is 20.6. The molecule has 1 aromatic heterocycles. The van der Waals surface area contributed by atoms with Gasteiger partial charge in [-0.15, -0.1) is 5.10 Å². The van der Waals surface area contributed by atoms with E-state index in [0.717, 1.165) is 12.0 Å². The van der Waals surface area contributed by atoms with Crippen molar-refractivity contribution < 1.29 is 14.3 Å². The maximum atomic E-state index is 12.8. The predicted octanol–water partition coefficient (Wildman–Crippen LogP) is 2.59. The summed E-state index contributed by atoms with van der Waals surface area (Å²) in [6.45, 7) is 3.60. The third kappa shape index (κ3) is 5.47. The molecule has 1 heterocycles. The van der Waals surface area contributed by atoms with Crippen molar-refractivity contribution in [3.63, 3.8) is 0 Å². The average Bonchev–Trinajstić information content (AvgIpc) is 3.27. The van der Waals surface area contributed by atoms with Gasteiger partial charge in [-0.2, -0.15) is 0 Å². The first kappa shape index (κ1) is 20.2. The molecule has 0 radical (unpaired) electrons. The van der Waals surface area contributed by atoms with Crippen LogP contribution in [-0.4, -0.2) is 38.2 Å². The molecule has 0 saturated heterocycles. The number of amides is 1. The summed E-state index contributed by atoms with van der Waals surface area (Å²) in [5.41, 5.74) is 2.75. The lowest BCUT2D eigenvalue weighted by molar-refractivity contribution is -0.156. The van der Waals surface area contributed by atoms with Gasteiger partial charge in [0.25, 0.3) is 5.91 Å². The zero-order valence-corrected chi connectivity index (χ0v) is 16.4. The highest BCUT2D eigenvalue weighted by Crippen LogP contribution is 2.17. The average molecular weight is 393 g/mol. The van der Waals surface area contributed by atoms with Crippen LogP contribution in [0.15, 0.2) is 60.9 Å². The van der Waals surface area contributed by atoms with Gasteiger partial charge in [-0.05, 0) is 47.0 Å². The van der Waals surface area contributed by atoms with E-state index in [2.05, 4.69) is 27.8 Å². The molecule has 0 unspecified atom stereocenters. The van der Waals surface area contributed by atoms with Gasteiger partial charge in [-0.1, -0.05) is 49.4 Å². The van der Waals surface area contributed by atoms with Crippen LogP contribution in [0.1, 0.15) is 31.0 Å². The topological polar surface area (TPSA) is 99.0 Å². The first-order valence-electron chi connectivity index (χ1n) is 9.43. The Morgan fingerprint density at radius 2 is 1.79 bits per heavy atom. The summed E-state index contributed by atoms with van der Waals surface area (Å²) in [6, 6.07) is 16.2. The molecule has 0 aliphatic rings. The molecule has 1 N–H and O–H groups in total. The molecule has 150 valence electrons. The van der Waals surface area contributed by atoms with Gasteiger partial charge in [0.15, 0.2) is 12.1 Å². The first-order chi connectivity index (χ1) is 14.1. The summed E-state index contributed by atoms with van der Waals surface area (Å²) in [5, 5.41) is 13.8. The lowest BCUT2D eigenvalue weighted by atomic mass is 10.1. The van der Waals surface area contributed by atoms with Gasteiger partial charge in [0, 0.05) is 12.1 Å². The molecule has 2 aromatic carbocycles. The summed E-state index contributed by atoms with van der Waals surface area (Å²) in [5.74, 6) is -0.983. The number of carbonyl (C=O) groups excluding carboxylic acids is 2. The van der Waals surface area contributed by atoms with E-state index < -0.39 is 24.0 Å². The van der Waals surface area contributed by atoms with E-state index in [1.165, 1.54) is 23.5 Å². The Kier molecular flexibility index (Phi) is 6.67. The number of esters is 1. The minimum absolute atomic E-state index is 0.345. The summed E-state index contributed by atoms with van der Waals surface area (Å²) < 4.78 is 6.76. The summed E-state index contributed by atoms with van der Waals surface area (Å²) in [6.07, 6.45) is 1.65. The molecule has 8 nitrogen and oxygen atoms in total. The molecule has 0 spiro atoms. The van der Waals surface area contributed by atoms with Crippen LogP contribution in [0.5, 0.6) is 0 Å². The van der Waals surface area contributed by atoms with Crippen molar-refractivity contribution in [1.29, 1.82) is 0 Å². The quantitative estimate of drug-likeness (QED) is 0.591. The fourth-order valence-electron chi connectivity index (χ4n) is 2.81. The Bertz CT molecular complexity index is 927. The second-order valence-corrected chi connectivity index (χ2v) is 6.61. The normalized spacial score (nSPS) is 12.8. The lowest BCUT2D eigenvalue weighted by Gasteiger charge is -2.19. The van der Waals surface area contributed by atoms with E-state index in [9.17, 15) is 9.59 Å². The van der Waals surface area contributed by atoms with Gasteiger partial charge < -0.3 is 10.1 Å². The monoisotopic (exact) mass is 393 g/mol. The highest BCUT2D eigenvalue weighted by atomic mass is 16.5. The summed E-state index contributed by atoms with van der Waals surface area (Å²) in [4.78, 5) is 25.2. The molecule has 0 saturated carbocycles. The number of ether oxygens (including phenoxy) is 1. The SMILES string of the molecule is CCc1ccc(NC(=O)[C@H](C)OC(=O)[C@@H](Cc2ccccc2)n2cnnn2)cc1. The Labute approximate surface area is 168 Å². The molecule has 0 fully saturated rings. The molecule has 1 amide bonds. The van der Waals surface area contributed by atoms with Gasteiger partial charge in [0.05, 0.1) is 0 Å². The van der Waals surface area contributed by atoms with Gasteiger partial charge in [-0.25, -0.2) is 9.48 Å². The lowest BCUT2D eigenvalue weighted by Crippen LogP contribution is -2.34. The van der Waals surface area contributed by atoms with Crippen molar-refractivity contribution in [1.82, 2.24) is 20.2 Å². The van der Waals surface area contributed by atoms with Crippen molar-refractivity contribution >= 4 is 17.6 Å². The van der Waals surface area contributed by atoms with Crippen molar-refractivity contribution in [2.75, 3.05) is 5.32 Å². The van der Waals surface area contributed by atoms with Crippen LogP contribution in [0.25, 0.3) is 0 Å². The van der Waals surface area contributed by atoms with Gasteiger partial charge in [0.1, 0.15) is 6.33 Å². The fourth-order valence-corrected chi connectivity index (χ4v) is 2.81. The number of nitrogens with one attached hydrogen (secondary N) is 1. The second-order valence-electron chi connectivity index (χ2n) is 6.61. The Morgan fingerprint density at radius 1 is 1.07 bits per heavy atom. The number of aryl methyl sites for hydroxylation is 1. The van der Waals surface area contributed by atoms with Crippen LogP contribution < -0.4 is 5.32 Å². The Morgan fingerprint density at radius 3 is 2.41 bits per heavy atom. The molecule has 8 heteroatoms. The van der Waals surface area contributed by atoms with E-state index >= 15 is 0 Å². The van der Waals surface area contributed by atoms with Crippen LogP contribution in [0.3, 0.4) is 0 Å². The number of benzene rings is 2. The van der Waals surface area contributed by atoms with Gasteiger partial charge >= 0.3 is 5.97 Å². The molecule has 3 rings (SSSR count). The Balaban J connectivity index is 1.65. The van der Waals surface area contributed by atoms with Crippen LogP contribution in [0, 0.1) is 0 Å². The maximum absolute atomic E-state index is 12.8. The largest absolute Gasteiger partial charge is 0.451 e. The number of tetrazole rings is 1. The number of hydrogen-bond acceptors (Lipinski definition) is 6. The van der Waals surface area contributed by atoms with E-state index in [1.54, 1.807) is 0 Å². The third-order valence-corrected chi connectivity index (χ3v) is 4.52. The van der Waals surface area contributed by atoms with Gasteiger partial charge in [-0.3, -0.25) is 4.79 Å². The Hall–Kier alpha value is -3.55. The van der Waals surface area contributed by atoms with Crippen LogP contribution in [0.2, 0.25) is 0 Å². The standard InChI is InChI=1S/C21H23N5O3/c1-3-16-9-11-18(12-10-16)23-20(27)15(2)29-21(28)19(26-14-22-24-25-26)13-17-7-5-4-6-8-17/h4-12,14-15,19H,3,13H2,1-2H3,(H,23,27)/t15-,19+/m0/s1. The van der Waals surface area contributed by atoms with E-state index in [4.69, 9.17) is 4.74 Å². The van der Waals surface area contributed by atoms with E-state index in [-0.39, 0.29) is 0 Å². The van der Waals surface area contributed by atoms with Crippen molar-refractivity contribution in [2.45, 2.75) is 38.8 Å². The smallest absolute Gasteiger partial charge is 0.332 e. The zero-order valence-electron chi connectivity index (χ0n) is 16.4. The molecule has 0 aliphatic heterocycles. The second kappa shape index (κ2) is 9.59. The van der Waals surface area contributed by atoms with Crippen molar-refractivity contribution in [3.8, 4) is 0 Å². The molecule has 0 aliphatic carbocycles. The number of nitrogens with zero attached hydrogens (tertiary/aromatic N) is 4.